The molecule has 1 saturated heterocycles. The van der Waals surface area contributed by atoms with E-state index in [1.807, 2.05) is 0 Å². The van der Waals surface area contributed by atoms with Crippen molar-refractivity contribution in [3.8, 4) is 0 Å². The van der Waals surface area contributed by atoms with E-state index in [4.69, 9.17) is 4.74 Å². The van der Waals surface area contributed by atoms with Crippen LogP contribution in [0.3, 0.4) is 0 Å². The van der Waals surface area contributed by atoms with Crippen LogP contribution in [0.5, 0.6) is 0 Å². The van der Waals surface area contributed by atoms with Gasteiger partial charge in [-0.2, -0.15) is 13.2 Å². The Morgan fingerprint density at radius 1 is 1.21 bits per heavy atom. The minimum absolute atomic E-state index is 0.00842. The molecule has 1 N–H and O–H groups in total. The zero-order chi connectivity index (χ0) is 17.7. The number of ether oxygens (including phenoxy) is 1. The number of hydrogen-bond acceptors (Lipinski definition) is 3. The van der Waals surface area contributed by atoms with Gasteiger partial charge in [-0.3, -0.25) is 9.59 Å². The van der Waals surface area contributed by atoms with Gasteiger partial charge in [0.05, 0.1) is 18.8 Å². The molecule has 0 spiro atoms. The highest BCUT2D eigenvalue weighted by Crippen LogP contribution is 2.36. The van der Waals surface area contributed by atoms with Gasteiger partial charge in [0.2, 0.25) is 11.8 Å². The Balaban J connectivity index is 1.89. The van der Waals surface area contributed by atoms with Gasteiger partial charge in [-0.25, -0.2) is 0 Å². The SMILES string of the molecule is O=C(CCC(=O)N1CCOCC1)Nc1ccc(Br)c(C(F)(F)F)c1. The first-order valence-electron chi connectivity index (χ1n) is 7.29. The van der Waals surface area contributed by atoms with Gasteiger partial charge in [-0.1, -0.05) is 15.9 Å². The summed E-state index contributed by atoms with van der Waals surface area (Å²) in [5.74, 6) is -0.674. The molecule has 2 amide bonds. The highest BCUT2D eigenvalue weighted by molar-refractivity contribution is 9.10. The van der Waals surface area contributed by atoms with Crippen LogP contribution in [0.1, 0.15) is 18.4 Å². The molecular formula is C15H16BrF3N2O3. The maximum atomic E-state index is 12.8. The molecule has 1 aliphatic heterocycles. The Morgan fingerprint density at radius 2 is 1.88 bits per heavy atom. The lowest BCUT2D eigenvalue weighted by Gasteiger charge is -2.26. The van der Waals surface area contributed by atoms with Gasteiger partial charge >= 0.3 is 6.18 Å². The Morgan fingerprint density at radius 3 is 2.50 bits per heavy atom. The van der Waals surface area contributed by atoms with Gasteiger partial charge in [0.1, 0.15) is 0 Å². The fourth-order valence-corrected chi connectivity index (χ4v) is 2.71. The molecule has 0 atom stereocenters. The first-order valence-corrected chi connectivity index (χ1v) is 8.09. The highest BCUT2D eigenvalue weighted by Gasteiger charge is 2.33. The van der Waals surface area contributed by atoms with Crippen LogP contribution in [0.25, 0.3) is 0 Å². The number of alkyl halides is 3. The minimum atomic E-state index is -4.52. The fourth-order valence-electron chi connectivity index (χ4n) is 2.24. The highest BCUT2D eigenvalue weighted by atomic mass is 79.9. The van der Waals surface area contributed by atoms with Crippen molar-refractivity contribution in [1.29, 1.82) is 0 Å². The molecule has 2 rings (SSSR count). The molecule has 0 aromatic heterocycles. The summed E-state index contributed by atoms with van der Waals surface area (Å²) in [5.41, 5.74) is -0.834. The molecule has 1 aromatic carbocycles. The van der Waals surface area contributed by atoms with E-state index in [2.05, 4.69) is 21.2 Å². The fraction of sp³-hybridized carbons (Fsp3) is 0.467. The van der Waals surface area contributed by atoms with E-state index in [1.54, 1.807) is 4.90 Å². The summed E-state index contributed by atoms with van der Waals surface area (Å²) in [7, 11) is 0. The summed E-state index contributed by atoms with van der Waals surface area (Å²) < 4.78 is 43.5. The van der Waals surface area contributed by atoms with Gasteiger partial charge in [0.15, 0.2) is 0 Å². The standard InChI is InChI=1S/C15H16BrF3N2O3/c16-12-2-1-10(9-11(12)15(17,18)19)20-13(22)3-4-14(23)21-5-7-24-8-6-21/h1-2,9H,3-8H2,(H,20,22). The lowest BCUT2D eigenvalue weighted by molar-refractivity contribution is -0.138. The van der Waals surface area contributed by atoms with E-state index >= 15 is 0 Å². The van der Waals surface area contributed by atoms with Crippen molar-refractivity contribution in [2.75, 3.05) is 31.6 Å². The first-order chi connectivity index (χ1) is 11.3. The molecule has 1 heterocycles. The molecule has 24 heavy (non-hydrogen) atoms. The maximum Gasteiger partial charge on any atom is 0.417 e. The number of anilines is 1. The molecular weight excluding hydrogens is 393 g/mol. The average molecular weight is 409 g/mol. The monoisotopic (exact) mass is 408 g/mol. The summed E-state index contributed by atoms with van der Waals surface area (Å²) in [6.45, 7) is 1.91. The van der Waals surface area contributed by atoms with Crippen LogP contribution in [0.4, 0.5) is 18.9 Å². The number of nitrogens with zero attached hydrogens (tertiary/aromatic N) is 1. The van der Waals surface area contributed by atoms with Crippen LogP contribution < -0.4 is 5.32 Å². The topological polar surface area (TPSA) is 58.6 Å². The van der Waals surface area contributed by atoms with Gasteiger partial charge < -0.3 is 15.0 Å². The number of carbonyl (C=O) groups is 2. The molecule has 1 aliphatic rings. The molecule has 0 saturated carbocycles. The van der Waals surface area contributed by atoms with Crippen molar-refractivity contribution in [1.82, 2.24) is 4.90 Å². The zero-order valence-electron chi connectivity index (χ0n) is 12.7. The predicted molar refractivity (Wildman–Crippen MR) is 84.4 cm³/mol. The summed E-state index contributed by atoms with van der Waals surface area (Å²) in [6.07, 6.45) is -4.60. The molecule has 1 aromatic rings. The van der Waals surface area contributed by atoms with E-state index in [1.165, 1.54) is 12.1 Å². The largest absolute Gasteiger partial charge is 0.417 e. The quantitative estimate of drug-likeness (QED) is 0.832. The van der Waals surface area contributed by atoms with Gasteiger partial charge in [0.25, 0.3) is 0 Å². The third-order valence-electron chi connectivity index (χ3n) is 3.49. The second-order valence-corrected chi connectivity index (χ2v) is 6.09. The average Bonchev–Trinajstić information content (AvgIpc) is 2.54. The Bertz CT molecular complexity index is 616. The molecule has 0 aliphatic carbocycles. The van der Waals surface area contributed by atoms with Crippen LogP contribution in [0.2, 0.25) is 0 Å². The number of hydrogen-bond donors (Lipinski definition) is 1. The van der Waals surface area contributed by atoms with Gasteiger partial charge in [-0.15, -0.1) is 0 Å². The zero-order valence-corrected chi connectivity index (χ0v) is 14.2. The van der Waals surface area contributed by atoms with E-state index < -0.39 is 17.6 Å². The first kappa shape index (κ1) is 18.7. The van der Waals surface area contributed by atoms with Crippen molar-refractivity contribution in [3.63, 3.8) is 0 Å². The molecule has 9 heteroatoms. The third-order valence-corrected chi connectivity index (χ3v) is 4.18. The predicted octanol–water partition coefficient (Wildman–Crippen LogP) is 3.05. The van der Waals surface area contributed by atoms with Crippen molar-refractivity contribution in [3.05, 3.63) is 28.2 Å². The minimum Gasteiger partial charge on any atom is -0.378 e. The molecule has 0 radical (unpaired) electrons. The van der Waals surface area contributed by atoms with E-state index in [0.717, 1.165) is 6.07 Å². The van der Waals surface area contributed by atoms with Crippen molar-refractivity contribution in [2.24, 2.45) is 0 Å². The number of halogens is 4. The summed E-state index contributed by atoms with van der Waals surface area (Å²) >= 11 is 2.83. The lowest BCUT2D eigenvalue weighted by atomic mass is 10.2. The number of rotatable bonds is 4. The second kappa shape index (κ2) is 7.98. The molecule has 0 unspecified atom stereocenters. The number of morpholine rings is 1. The van der Waals surface area contributed by atoms with Crippen LogP contribution in [-0.2, 0) is 20.5 Å². The number of benzene rings is 1. The second-order valence-electron chi connectivity index (χ2n) is 5.23. The van der Waals surface area contributed by atoms with Crippen molar-refractivity contribution in [2.45, 2.75) is 19.0 Å². The Kier molecular flexibility index (Phi) is 6.22. The van der Waals surface area contributed by atoms with Crippen LogP contribution >= 0.6 is 15.9 Å². The van der Waals surface area contributed by atoms with E-state index in [-0.39, 0.29) is 28.9 Å². The van der Waals surface area contributed by atoms with Crippen LogP contribution in [0.15, 0.2) is 22.7 Å². The molecule has 1 fully saturated rings. The van der Waals surface area contributed by atoms with Crippen LogP contribution in [0, 0.1) is 0 Å². The van der Waals surface area contributed by atoms with Gasteiger partial charge in [-0.05, 0) is 18.2 Å². The van der Waals surface area contributed by atoms with Crippen molar-refractivity contribution < 1.29 is 27.5 Å². The third kappa shape index (κ3) is 5.20. The summed E-state index contributed by atoms with van der Waals surface area (Å²) in [4.78, 5) is 25.4. The summed E-state index contributed by atoms with van der Waals surface area (Å²) in [6, 6.07) is 3.43. The molecule has 132 valence electrons. The lowest BCUT2D eigenvalue weighted by Crippen LogP contribution is -2.40. The Labute approximate surface area is 145 Å². The summed E-state index contributed by atoms with van der Waals surface area (Å²) in [5, 5.41) is 2.38. The van der Waals surface area contributed by atoms with E-state index in [0.29, 0.717) is 26.3 Å². The normalized spacial score (nSPS) is 15.2. The number of carbonyl (C=O) groups excluding carboxylic acids is 2. The molecule has 5 nitrogen and oxygen atoms in total. The maximum absolute atomic E-state index is 12.8. The number of nitrogens with one attached hydrogen (secondary N) is 1. The van der Waals surface area contributed by atoms with E-state index in [9.17, 15) is 22.8 Å². The van der Waals surface area contributed by atoms with Gasteiger partial charge in [0, 0.05) is 36.1 Å². The number of amides is 2. The smallest absolute Gasteiger partial charge is 0.378 e. The van der Waals surface area contributed by atoms with Crippen LogP contribution in [-0.4, -0.2) is 43.0 Å². The Hall–Kier alpha value is -1.61. The molecule has 0 bridgehead atoms. The van der Waals surface area contributed by atoms with Crippen molar-refractivity contribution >= 4 is 33.4 Å².